The molecule has 1 N–H and O–H groups in total. The number of hydrogen-bond donors (Lipinski definition) is 1. The maximum atomic E-state index is 12.3. The third kappa shape index (κ3) is 3.57. The van der Waals surface area contributed by atoms with E-state index >= 15 is 0 Å². The van der Waals surface area contributed by atoms with Crippen molar-refractivity contribution in [3.05, 3.63) is 0 Å². The summed E-state index contributed by atoms with van der Waals surface area (Å²) in [5, 5.41) is 9.41. The van der Waals surface area contributed by atoms with E-state index in [1.165, 1.54) is 0 Å². The van der Waals surface area contributed by atoms with Crippen molar-refractivity contribution in [1.29, 1.82) is 0 Å². The predicted octanol–water partition coefficient (Wildman–Crippen LogP) is 1.68. The molecule has 0 aromatic carbocycles. The van der Waals surface area contributed by atoms with Gasteiger partial charge in [-0.15, -0.1) is 0 Å². The monoisotopic (exact) mass is 296 g/mol. The maximum Gasteiger partial charge on any atom is 0.308 e. The van der Waals surface area contributed by atoms with Gasteiger partial charge in [-0.2, -0.15) is 0 Å². The van der Waals surface area contributed by atoms with Crippen LogP contribution in [0.5, 0.6) is 0 Å². The van der Waals surface area contributed by atoms with E-state index < -0.39 is 11.9 Å². The number of carboxylic acids is 1. The normalized spacial score (nSPS) is 32.4. The number of aliphatic carboxylic acids is 1. The Balaban J connectivity index is 1.98. The van der Waals surface area contributed by atoms with Gasteiger partial charge in [-0.1, -0.05) is 13.8 Å². The Hall–Kier alpha value is -1.10. The van der Waals surface area contributed by atoms with Gasteiger partial charge in [-0.3, -0.25) is 9.59 Å². The highest BCUT2D eigenvalue weighted by molar-refractivity contribution is 5.81. The minimum absolute atomic E-state index is 0.0665. The highest BCUT2D eigenvalue weighted by Gasteiger charge is 2.42. The summed E-state index contributed by atoms with van der Waals surface area (Å²) < 4.78 is 0. The average Bonchev–Trinajstić information content (AvgIpc) is 2.43. The van der Waals surface area contributed by atoms with Gasteiger partial charge >= 0.3 is 5.97 Å². The lowest BCUT2D eigenvalue weighted by atomic mass is 9.80. The minimum atomic E-state index is -0.770. The molecule has 120 valence electrons. The number of carbonyl (C=O) groups excluding carboxylic acids is 1. The van der Waals surface area contributed by atoms with E-state index in [4.69, 9.17) is 0 Å². The molecule has 0 spiro atoms. The molecule has 0 radical (unpaired) electrons. The zero-order valence-electron chi connectivity index (χ0n) is 13.4. The fourth-order valence-corrected chi connectivity index (χ4v) is 3.90. The van der Waals surface area contributed by atoms with Crippen molar-refractivity contribution in [3.8, 4) is 0 Å². The fourth-order valence-electron chi connectivity index (χ4n) is 3.90. The van der Waals surface area contributed by atoms with Crippen LogP contribution in [0.1, 0.15) is 40.0 Å². The van der Waals surface area contributed by atoms with E-state index in [-0.39, 0.29) is 17.9 Å². The molecule has 1 amide bonds. The molecule has 2 rings (SSSR count). The van der Waals surface area contributed by atoms with Gasteiger partial charge in [-0.25, -0.2) is 0 Å². The van der Waals surface area contributed by atoms with Gasteiger partial charge in [0.05, 0.1) is 5.92 Å². The molecule has 2 aliphatic heterocycles. The van der Waals surface area contributed by atoms with Crippen LogP contribution < -0.4 is 0 Å². The number of nitrogens with zero attached hydrogens (tertiary/aromatic N) is 2. The number of likely N-dealkylation sites (tertiary alicyclic amines) is 2. The van der Waals surface area contributed by atoms with Gasteiger partial charge in [0, 0.05) is 19.0 Å². The number of carboxylic acid groups (broad SMARTS) is 1. The zero-order chi connectivity index (χ0) is 15.6. The molecule has 5 heteroatoms. The second-order valence-corrected chi connectivity index (χ2v) is 6.71. The first-order valence-corrected chi connectivity index (χ1v) is 8.18. The lowest BCUT2D eigenvalue weighted by Gasteiger charge is -2.43. The summed E-state index contributed by atoms with van der Waals surface area (Å²) in [6, 6.07) is -0.192. The first-order chi connectivity index (χ1) is 9.93. The summed E-state index contributed by atoms with van der Waals surface area (Å²) in [5.41, 5.74) is 0. The van der Waals surface area contributed by atoms with Crippen molar-refractivity contribution >= 4 is 11.9 Å². The average molecular weight is 296 g/mol. The van der Waals surface area contributed by atoms with Crippen molar-refractivity contribution in [2.24, 2.45) is 17.8 Å². The Morgan fingerprint density at radius 2 is 1.90 bits per heavy atom. The van der Waals surface area contributed by atoms with Crippen LogP contribution >= 0.6 is 0 Å². The summed E-state index contributed by atoms with van der Waals surface area (Å²) in [6.07, 6.45) is 2.59. The number of piperidine rings is 2. The van der Waals surface area contributed by atoms with Crippen LogP contribution in [-0.2, 0) is 9.59 Å². The fraction of sp³-hybridized carbons (Fsp3) is 0.875. The number of carbonyl (C=O) groups is 2. The maximum absolute atomic E-state index is 12.3. The van der Waals surface area contributed by atoms with Gasteiger partial charge in [0.25, 0.3) is 0 Å². The van der Waals surface area contributed by atoms with Gasteiger partial charge in [0.2, 0.25) is 5.91 Å². The van der Waals surface area contributed by atoms with Crippen LogP contribution in [0.15, 0.2) is 0 Å². The Kier molecular flexibility index (Phi) is 5.25. The third-order valence-electron chi connectivity index (χ3n) is 5.34. The summed E-state index contributed by atoms with van der Waals surface area (Å²) >= 11 is 0. The molecule has 2 saturated heterocycles. The SMILES string of the molecule is CCN1CCC(CN2C(=O)CC(C)C(C(=O)O)C2C)CC1. The molecule has 2 heterocycles. The quantitative estimate of drug-likeness (QED) is 0.857. The van der Waals surface area contributed by atoms with Crippen molar-refractivity contribution in [1.82, 2.24) is 9.80 Å². The summed E-state index contributed by atoms with van der Waals surface area (Å²) in [4.78, 5) is 28.0. The number of hydrogen-bond acceptors (Lipinski definition) is 3. The zero-order valence-corrected chi connectivity index (χ0v) is 13.4. The van der Waals surface area contributed by atoms with Gasteiger partial charge < -0.3 is 14.9 Å². The summed E-state index contributed by atoms with van der Waals surface area (Å²) in [5.74, 6) is -0.623. The van der Waals surface area contributed by atoms with E-state index in [0.29, 0.717) is 12.3 Å². The van der Waals surface area contributed by atoms with Crippen LogP contribution in [0.2, 0.25) is 0 Å². The second kappa shape index (κ2) is 6.77. The highest BCUT2D eigenvalue weighted by Crippen LogP contribution is 2.31. The molecule has 0 aliphatic carbocycles. The van der Waals surface area contributed by atoms with Crippen molar-refractivity contribution in [2.75, 3.05) is 26.2 Å². The lowest BCUT2D eigenvalue weighted by molar-refractivity contribution is -0.155. The van der Waals surface area contributed by atoms with Crippen molar-refractivity contribution in [2.45, 2.75) is 46.1 Å². The Morgan fingerprint density at radius 1 is 1.29 bits per heavy atom. The molecular formula is C16H28N2O3. The molecule has 3 atom stereocenters. The topological polar surface area (TPSA) is 60.9 Å². The smallest absolute Gasteiger partial charge is 0.308 e. The lowest BCUT2D eigenvalue weighted by Crippen LogP contribution is -2.54. The third-order valence-corrected chi connectivity index (χ3v) is 5.34. The van der Waals surface area contributed by atoms with E-state index in [1.54, 1.807) is 0 Å². The second-order valence-electron chi connectivity index (χ2n) is 6.71. The Morgan fingerprint density at radius 3 is 2.43 bits per heavy atom. The molecule has 2 aliphatic rings. The largest absolute Gasteiger partial charge is 0.481 e. The first-order valence-electron chi connectivity index (χ1n) is 8.18. The van der Waals surface area contributed by atoms with Crippen LogP contribution in [-0.4, -0.2) is 59.0 Å². The number of rotatable bonds is 4. The molecule has 2 fully saturated rings. The van der Waals surface area contributed by atoms with E-state index in [2.05, 4.69) is 11.8 Å². The molecular weight excluding hydrogens is 268 g/mol. The van der Waals surface area contributed by atoms with Gasteiger partial charge in [0.15, 0.2) is 0 Å². The minimum Gasteiger partial charge on any atom is -0.481 e. The summed E-state index contributed by atoms with van der Waals surface area (Å²) in [7, 11) is 0. The molecule has 21 heavy (non-hydrogen) atoms. The van der Waals surface area contributed by atoms with Crippen LogP contribution in [0, 0.1) is 17.8 Å². The molecule has 0 bridgehead atoms. The standard InChI is InChI=1S/C16H28N2O3/c1-4-17-7-5-13(6-8-17)10-18-12(3)15(16(20)21)11(2)9-14(18)19/h11-13,15H,4-10H2,1-3H3,(H,20,21). The van der Waals surface area contributed by atoms with E-state index in [1.807, 2.05) is 18.7 Å². The predicted molar refractivity (Wildman–Crippen MR) is 80.9 cm³/mol. The van der Waals surface area contributed by atoms with Crippen molar-refractivity contribution in [3.63, 3.8) is 0 Å². The Labute approximate surface area is 127 Å². The van der Waals surface area contributed by atoms with E-state index in [0.717, 1.165) is 39.0 Å². The van der Waals surface area contributed by atoms with Gasteiger partial charge in [0.1, 0.15) is 0 Å². The molecule has 0 aromatic heterocycles. The summed E-state index contributed by atoms with van der Waals surface area (Å²) in [6.45, 7) is 9.96. The molecule has 0 aromatic rings. The van der Waals surface area contributed by atoms with Crippen LogP contribution in [0.4, 0.5) is 0 Å². The van der Waals surface area contributed by atoms with Crippen LogP contribution in [0.3, 0.4) is 0 Å². The van der Waals surface area contributed by atoms with Gasteiger partial charge in [-0.05, 0) is 51.2 Å². The molecule has 0 saturated carbocycles. The number of amides is 1. The van der Waals surface area contributed by atoms with Crippen molar-refractivity contribution < 1.29 is 14.7 Å². The highest BCUT2D eigenvalue weighted by atomic mass is 16.4. The van der Waals surface area contributed by atoms with E-state index in [9.17, 15) is 14.7 Å². The Bertz CT molecular complexity index is 391. The van der Waals surface area contributed by atoms with Crippen LogP contribution in [0.25, 0.3) is 0 Å². The molecule has 5 nitrogen and oxygen atoms in total. The molecule has 3 unspecified atom stereocenters. The first kappa shape index (κ1) is 16.3.